The number of hydrogen-bond acceptors (Lipinski definition) is 25. The number of unbranched alkanes of at least 4 members (excludes halogenated alkanes) is 4. The molecule has 0 aromatic carbocycles. The molecule has 48 heteroatoms. The molecule has 32 nitrogen and oxygen atoms in total. The van der Waals surface area contributed by atoms with Gasteiger partial charge in [0.05, 0.1) is 112 Å². The summed E-state index contributed by atoms with van der Waals surface area (Å²) in [5.41, 5.74) is -3.37. The normalized spacial score (nSPS) is 17.0. The molecule has 0 heterocycles. The molecule has 0 rings (SSSR count). The Morgan fingerprint density at radius 2 is 0.527 bits per heavy atom. The first kappa shape index (κ1) is 141. The van der Waals surface area contributed by atoms with E-state index in [0.717, 1.165) is 0 Å². The molecule has 0 bridgehead atoms. The van der Waals surface area contributed by atoms with Crippen molar-refractivity contribution in [2.24, 2.45) is 21.7 Å². The molecule has 11 unspecified atom stereocenters. The quantitative estimate of drug-likeness (QED) is 0.0159. The van der Waals surface area contributed by atoms with Gasteiger partial charge in [-0.3, -0.25) is 63.3 Å². The average molecular weight is 2400 g/mol. The van der Waals surface area contributed by atoms with Crippen LogP contribution in [0.5, 0.6) is 0 Å². The van der Waals surface area contributed by atoms with Crippen LogP contribution in [0.25, 0.3) is 0 Å². The van der Waals surface area contributed by atoms with Gasteiger partial charge in [-0.1, -0.05) is 90.9 Å². The summed E-state index contributed by atoms with van der Waals surface area (Å²) in [5.74, 6) is 0. The molecular weight excluding hydrogens is 2270 g/mol. The third kappa shape index (κ3) is 72.3. The van der Waals surface area contributed by atoms with Gasteiger partial charge in [-0.25, -0.2) is 32.0 Å². The second-order valence-corrected chi connectivity index (χ2v) is 35.1. The average Bonchev–Trinajstić information content (AvgIpc) is 0.881. The summed E-state index contributed by atoms with van der Waals surface area (Å²) in [7, 11) is -35.5. The zero-order valence-corrected chi connectivity index (χ0v) is 97.0. The number of rotatable bonds is 73. The van der Waals surface area contributed by atoms with E-state index in [0.29, 0.717) is 148 Å². The topological polar surface area (TPSA) is 438 Å². The fourth-order valence-corrected chi connectivity index (χ4v) is 16.8. The third-order valence-corrected chi connectivity index (χ3v) is 22.6. The first-order chi connectivity index (χ1) is 47.4. The molecule has 0 aromatic heterocycles. The molecule has 0 amide bonds. The molecule has 0 spiro atoms. The van der Waals surface area contributed by atoms with E-state index in [1.807, 2.05) is 6.92 Å². The first-order valence-corrected chi connectivity index (χ1v) is 44.8. The fraction of sp³-hybridized carbons (Fsp3) is 0.855. The van der Waals surface area contributed by atoms with Gasteiger partial charge in [0.15, 0.2) is 0 Å². The van der Waals surface area contributed by atoms with E-state index < -0.39 is 162 Å². The second kappa shape index (κ2) is 79.3. The van der Waals surface area contributed by atoms with E-state index in [1.54, 1.807) is 0 Å². The van der Waals surface area contributed by atoms with E-state index >= 15 is 0 Å². The van der Waals surface area contributed by atoms with Crippen molar-refractivity contribution in [2.45, 2.75) is 200 Å². The predicted octanol–water partition coefficient (Wildman–Crippen LogP) is 14.3. The number of phosphoric acid groups is 7. The Balaban J connectivity index is -0.00000139. The summed E-state index contributed by atoms with van der Waals surface area (Å²) in [4.78, 5) is 75.5. The molecule has 635 valence electrons. The van der Waals surface area contributed by atoms with Crippen molar-refractivity contribution < 1.29 is 443 Å². The summed E-state index contributed by atoms with van der Waals surface area (Å²) in [6.45, 7) is 31.1. The molecule has 9 radical (unpaired) electrons. The molecule has 0 saturated heterocycles. The van der Waals surface area contributed by atoms with Crippen molar-refractivity contribution in [1.29, 1.82) is 0 Å². The summed E-state index contributed by atoms with van der Waals surface area (Å²) in [6.07, 6.45) is 7.90. The van der Waals surface area contributed by atoms with Gasteiger partial charge in [0.2, 0.25) is 0 Å². The zero-order chi connectivity index (χ0) is 76.7. The van der Waals surface area contributed by atoms with Gasteiger partial charge in [0.25, 0.3) is 0 Å². The van der Waals surface area contributed by atoms with Crippen LogP contribution in [-0.2, 0) is 404 Å². The van der Waals surface area contributed by atoms with E-state index in [-0.39, 0.29) is 359 Å². The number of phosphoric ester groups is 7. The van der Waals surface area contributed by atoms with Gasteiger partial charge in [0.1, 0.15) is 18.3 Å². The van der Waals surface area contributed by atoms with Crippen LogP contribution in [0, 0.1) is 84.0 Å². The minimum Gasteiger partial charge on any atom is -0.396 e. The van der Waals surface area contributed by atoms with Crippen molar-refractivity contribution in [3.8, 4) is 0 Å². The van der Waals surface area contributed by atoms with Crippen molar-refractivity contribution in [2.75, 3.05) is 119 Å². The van der Waals surface area contributed by atoms with E-state index in [1.165, 1.54) is 13.8 Å². The number of ether oxygens (including phenoxy) is 3. The number of aliphatic hydroxyl groups excluding tert-OH is 1. The maximum atomic E-state index is 14.1. The minimum atomic E-state index is -5.50. The maximum Gasteiger partial charge on any atom is 0.472 e. The van der Waals surface area contributed by atoms with E-state index in [4.69, 9.17) is 82.6 Å². The molecule has 0 aliphatic carbocycles. The van der Waals surface area contributed by atoms with Crippen molar-refractivity contribution >= 4 is 54.8 Å². The van der Waals surface area contributed by atoms with Crippen molar-refractivity contribution in [3.63, 3.8) is 0 Å². The van der Waals surface area contributed by atoms with Crippen LogP contribution >= 0.6 is 54.8 Å². The first-order valence-electron chi connectivity index (χ1n) is 34.3. The van der Waals surface area contributed by atoms with Gasteiger partial charge in [-0.15, -0.1) is 0 Å². The summed E-state index contributed by atoms with van der Waals surface area (Å²) in [6, 6.07) is 0. The van der Waals surface area contributed by atoms with Crippen LogP contribution < -0.4 is 0 Å². The van der Waals surface area contributed by atoms with Gasteiger partial charge in [0, 0.05) is 306 Å². The number of aliphatic hydroxyl groups is 1. The summed E-state index contributed by atoms with van der Waals surface area (Å²) in [5, 5.41) is 9.13. The second-order valence-electron chi connectivity index (χ2n) is 25.1. The molecule has 8 N–H and O–H groups in total. The van der Waals surface area contributed by atoms with Crippen LogP contribution in [0.4, 0.5) is 0 Å². The molecule has 0 saturated carbocycles. The van der Waals surface area contributed by atoms with Crippen LogP contribution in [-0.4, -0.2) is 177 Å². The van der Waals surface area contributed by atoms with Gasteiger partial charge in [-0.05, 0) is 48.9 Å². The van der Waals surface area contributed by atoms with Crippen LogP contribution in [0.2, 0.25) is 0 Å². The van der Waals surface area contributed by atoms with E-state index in [2.05, 4.69) is 62.3 Å². The summed E-state index contributed by atoms with van der Waals surface area (Å²) < 4.78 is 184. The SMILES string of the molecule is [CH2-]CCC(CC[CH2-])(CC[CH2-])COCC(COP(=O)(O)OCC)OP(=O)(O)OCCCOP(=O)(O)OCC(COCC(CC[CH2-])(CC[CH2-])CC[CH2-])OP(=O)(O)OCC(C)(COP(=O)(O)OCCCCCCO)COP(=O)(O)OC(COCC(CC[CH2-])(CC[CH2-])CC[CH2-])COP(=O)(O)OCCCC.[Y].[Y].[Y].[Y].[Y].[Y].[Y].[Y].[Y]. The predicted molar refractivity (Wildman–Crippen MR) is 379 cm³/mol. The van der Waals surface area contributed by atoms with E-state index in [9.17, 15) is 66.2 Å². The molecule has 11 atom stereocenters. The summed E-state index contributed by atoms with van der Waals surface area (Å²) >= 11 is 0. The standard InChI is InChI=1S/C62H124O32P7.9Y/c1-13-24-40-82-96(66,67)87-48-57(45-79-54-61(33-17-5,34-18-6)35-19-7)93-100(74,75)90-51-59(12,50-89-98(70,71)83-41-28-26-25-27-39-63)52-91-101(76,77)94-58(46-80-55-62(36-20-8,37-21-9)38-22-10)49-88-97(68,69)84-42-29-43-85-99(72,73)92-56(47-86-95(64,65)81-23-11)44-78-53-60(30-14-2,31-15-3)32-16-4;;;;;;;;;/h56-58,63H,2-10,13-55H2,1,11-12H3,(H,64,65)(H,66,67)(H,68,69)(H,70,71)(H,72,73)(H,74,75)(H,76,77);;;;;;;;;/q-9;;;;;;;;;. The molecule has 0 aliphatic heterocycles. The third-order valence-electron chi connectivity index (χ3n) is 15.5. The molecule has 0 aliphatic rings. The van der Waals surface area contributed by atoms with Gasteiger partial charge < -0.3 is 116 Å². The van der Waals surface area contributed by atoms with Crippen molar-refractivity contribution in [1.82, 2.24) is 0 Å². The Kier molecular flexibility index (Phi) is 102. The minimum absolute atomic E-state index is 0. The Morgan fingerprint density at radius 1 is 0.291 bits per heavy atom. The maximum absolute atomic E-state index is 14.1. The Labute approximate surface area is 886 Å². The Morgan fingerprint density at radius 3 is 0.800 bits per heavy atom. The smallest absolute Gasteiger partial charge is 0.396 e. The molecular formula is C62H124O32P7Y9-9. The molecule has 110 heavy (non-hydrogen) atoms. The Hall–Kier alpha value is 10.5. The zero-order valence-electron chi connectivity index (χ0n) is 65.2. The van der Waals surface area contributed by atoms with Gasteiger partial charge >= 0.3 is 54.8 Å². The van der Waals surface area contributed by atoms with Gasteiger partial charge in [-0.2, -0.15) is 57.8 Å². The van der Waals surface area contributed by atoms with Crippen LogP contribution in [0.3, 0.4) is 0 Å². The van der Waals surface area contributed by atoms with Crippen molar-refractivity contribution in [3.05, 3.63) is 62.3 Å². The van der Waals surface area contributed by atoms with Crippen LogP contribution in [0.1, 0.15) is 181 Å². The molecule has 0 fully saturated rings. The van der Waals surface area contributed by atoms with Crippen LogP contribution in [0.15, 0.2) is 0 Å². The number of hydrogen-bond donors (Lipinski definition) is 8. The largest absolute Gasteiger partial charge is 0.472 e. The monoisotopic (exact) mass is 2400 g/mol. The Bertz CT molecular complexity index is 2470. The fourth-order valence-electron chi connectivity index (χ4n) is 10.5. The molecule has 0 aromatic rings.